The molecule has 5 heteroatoms. The van der Waals surface area contributed by atoms with Gasteiger partial charge in [0, 0.05) is 17.8 Å². The predicted octanol–water partition coefficient (Wildman–Crippen LogP) is 3.96. The van der Waals surface area contributed by atoms with Gasteiger partial charge in [0.15, 0.2) is 17.3 Å². The maximum Gasteiger partial charge on any atom is 0.160 e. The minimum Gasteiger partial charge on any atom is -0.306 e. The summed E-state index contributed by atoms with van der Waals surface area (Å²) >= 11 is 0. The van der Waals surface area contributed by atoms with Crippen LogP contribution < -0.4 is 0 Å². The molecule has 0 aliphatic heterocycles. The molecule has 0 fully saturated rings. The second-order valence-corrected chi connectivity index (χ2v) is 4.87. The maximum absolute atomic E-state index is 13.4. The van der Waals surface area contributed by atoms with Gasteiger partial charge in [-0.05, 0) is 44.2 Å². The van der Waals surface area contributed by atoms with E-state index >= 15 is 0 Å². The lowest BCUT2D eigenvalue weighted by molar-refractivity contribution is 0.508. The van der Waals surface area contributed by atoms with Crippen LogP contribution in [0.5, 0.6) is 0 Å². The molecule has 0 N–H and O–H groups in total. The topological polar surface area (TPSA) is 30.7 Å². The Labute approximate surface area is 114 Å². The summed E-state index contributed by atoms with van der Waals surface area (Å²) in [4.78, 5) is 8.81. The summed E-state index contributed by atoms with van der Waals surface area (Å²) in [5.74, 6) is -1.15. The average Bonchev–Trinajstić information content (AvgIpc) is 2.81. The fourth-order valence-corrected chi connectivity index (χ4v) is 2.26. The van der Waals surface area contributed by atoms with Crippen molar-refractivity contribution in [2.45, 2.75) is 19.9 Å². The number of hydrogen-bond donors (Lipinski definition) is 0. The molecule has 3 nitrogen and oxygen atoms in total. The number of imidazole rings is 1. The van der Waals surface area contributed by atoms with Crippen LogP contribution in [0.25, 0.3) is 22.6 Å². The van der Waals surface area contributed by atoms with Gasteiger partial charge in [0.2, 0.25) is 0 Å². The van der Waals surface area contributed by atoms with E-state index in [4.69, 9.17) is 0 Å². The first-order valence-corrected chi connectivity index (χ1v) is 6.36. The van der Waals surface area contributed by atoms with Crippen LogP contribution in [0.4, 0.5) is 8.78 Å². The zero-order chi connectivity index (χ0) is 14.3. The summed E-state index contributed by atoms with van der Waals surface area (Å²) in [6.07, 6.45) is 1.69. The third-order valence-electron chi connectivity index (χ3n) is 3.14. The summed E-state index contributed by atoms with van der Waals surface area (Å²) in [5.41, 5.74) is 2.01. The van der Waals surface area contributed by atoms with Gasteiger partial charge in [-0.2, -0.15) is 0 Å². The van der Waals surface area contributed by atoms with Gasteiger partial charge in [0.1, 0.15) is 11.3 Å². The number of fused-ring (bicyclic) bond motifs is 1. The van der Waals surface area contributed by atoms with Gasteiger partial charge in [0.05, 0.1) is 0 Å². The Morgan fingerprint density at radius 2 is 1.90 bits per heavy atom. The summed E-state index contributed by atoms with van der Waals surface area (Å²) in [7, 11) is 0. The van der Waals surface area contributed by atoms with Crippen LogP contribution in [0.3, 0.4) is 0 Å². The molecule has 0 aliphatic rings. The zero-order valence-corrected chi connectivity index (χ0v) is 11.1. The zero-order valence-electron chi connectivity index (χ0n) is 11.1. The van der Waals surface area contributed by atoms with Crippen molar-refractivity contribution in [1.82, 2.24) is 14.5 Å². The first-order valence-electron chi connectivity index (χ1n) is 6.36. The van der Waals surface area contributed by atoms with Crippen LogP contribution in [0, 0.1) is 11.6 Å². The molecule has 0 amide bonds. The third-order valence-corrected chi connectivity index (χ3v) is 3.14. The van der Waals surface area contributed by atoms with Gasteiger partial charge in [-0.25, -0.2) is 18.7 Å². The van der Waals surface area contributed by atoms with E-state index in [1.807, 2.05) is 24.5 Å². The average molecular weight is 273 g/mol. The largest absolute Gasteiger partial charge is 0.306 e. The van der Waals surface area contributed by atoms with Crippen LogP contribution in [-0.4, -0.2) is 14.5 Å². The molecule has 0 saturated heterocycles. The number of pyridine rings is 1. The molecule has 0 radical (unpaired) electrons. The van der Waals surface area contributed by atoms with Crippen LogP contribution in [-0.2, 0) is 0 Å². The fourth-order valence-electron chi connectivity index (χ4n) is 2.26. The van der Waals surface area contributed by atoms with E-state index in [-0.39, 0.29) is 6.04 Å². The highest BCUT2D eigenvalue weighted by Crippen LogP contribution is 2.27. The number of benzene rings is 1. The normalized spacial score (nSPS) is 11.4. The first kappa shape index (κ1) is 12.7. The molecule has 3 rings (SSSR count). The van der Waals surface area contributed by atoms with E-state index in [0.29, 0.717) is 11.4 Å². The van der Waals surface area contributed by atoms with E-state index in [2.05, 4.69) is 9.97 Å². The van der Waals surface area contributed by atoms with Crippen molar-refractivity contribution in [3.63, 3.8) is 0 Å². The van der Waals surface area contributed by atoms with Crippen molar-refractivity contribution in [3.05, 3.63) is 48.2 Å². The number of halogens is 2. The molecular formula is C15H13F2N3. The molecule has 0 spiro atoms. The molecule has 20 heavy (non-hydrogen) atoms. The molecule has 102 valence electrons. The molecule has 0 saturated carbocycles. The number of rotatable bonds is 2. The van der Waals surface area contributed by atoms with Gasteiger partial charge in [-0.1, -0.05) is 0 Å². The summed E-state index contributed by atoms with van der Waals surface area (Å²) in [6.45, 7) is 4.00. The smallest absolute Gasteiger partial charge is 0.160 e. The molecule has 2 aromatic heterocycles. The quantitative estimate of drug-likeness (QED) is 0.707. The van der Waals surface area contributed by atoms with Crippen molar-refractivity contribution in [3.8, 4) is 11.4 Å². The highest BCUT2D eigenvalue weighted by Gasteiger charge is 2.16. The Bertz CT molecular complexity index is 778. The second-order valence-electron chi connectivity index (χ2n) is 4.87. The van der Waals surface area contributed by atoms with Crippen molar-refractivity contribution in [1.29, 1.82) is 0 Å². The lowest BCUT2D eigenvalue weighted by Gasteiger charge is -2.12. The Kier molecular flexibility index (Phi) is 2.97. The highest BCUT2D eigenvalue weighted by atomic mass is 19.2. The minimum absolute atomic E-state index is 0.109. The van der Waals surface area contributed by atoms with Crippen LogP contribution in [0.2, 0.25) is 0 Å². The Morgan fingerprint density at radius 3 is 2.60 bits per heavy atom. The Balaban J connectivity index is 2.29. The molecule has 0 bridgehead atoms. The van der Waals surface area contributed by atoms with Gasteiger partial charge in [0.25, 0.3) is 0 Å². The van der Waals surface area contributed by atoms with Crippen LogP contribution in [0.1, 0.15) is 19.9 Å². The van der Waals surface area contributed by atoms with Crippen LogP contribution in [0.15, 0.2) is 36.5 Å². The first-order chi connectivity index (χ1) is 9.58. The van der Waals surface area contributed by atoms with E-state index in [9.17, 15) is 8.78 Å². The lowest BCUT2D eigenvalue weighted by Crippen LogP contribution is -2.04. The minimum atomic E-state index is -0.877. The molecule has 2 heterocycles. The molecular weight excluding hydrogens is 260 g/mol. The van der Waals surface area contributed by atoms with Crippen LogP contribution >= 0.6 is 0 Å². The van der Waals surface area contributed by atoms with Crippen molar-refractivity contribution in [2.24, 2.45) is 0 Å². The van der Waals surface area contributed by atoms with Gasteiger partial charge in [-0.3, -0.25) is 0 Å². The molecule has 1 aromatic carbocycles. The van der Waals surface area contributed by atoms with Gasteiger partial charge >= 0.3 is 0 Å². The van der Waals surface area contributed by atoms with Crippen molar-refractivity contribution in [2.75, 3.05) is 0 Å². The number of hydrogen-bond acceptors (Lipinski definition) is 2. The maximum atomic E-state index is 13.4. The fraction of sp³-hybridized carbons (Fsp3) is 0.200. The van der Waals surface area contributed by atoms with Gasteiger partial charge < -0.3 is 4.57 Å². The summed E-state index contributed by atoms with van der Waals surface area (Å²) in [5, 5.41) is 0. The predicted molar refractivity (Wildman–Crippen MR) is 73.3 cm³/mol. The highest BCUT2D eigenvalue weighted by molar-refractivity contribution is 5.77. The second kappa shape index (κ2) is 4.67. The summed E-state index contributed by atoms with van der Waals surface area (Å²) < 4.78 is 28.4. The number of aromatic nitrogens is 3. The molecule has 0 aliphatic carbocycles. The van der Waals surface area contributed by atoms with E-state index in [0.717, 1.165) is 23.3 Å². The van der Waals surface area contributed by atoms with Gasteiger partial charge in [-0.15, -0.1) is 0 Å². The van der Waals surface area contributed by atoms with E-state index in [1.165, 1.54) is 6.07 Å². The number of nitrogens with zero attached hydrogens (tertiary/aromatic N) is 3. The molecule has 0 unspecified atom stereocenters. The SMILES string of the molecule is CC(C)n1c(-c2ccc(F)c(F)c2)nc2cccnc21. The van der Waals surface area contributed by atoms with E-state index in [1.54, 1.807) is 12.3 Å². The standard InChI is InChI=1S/C15H13F2N3/c1-9(2)20-14(10-5-6-11(16)12(17)8-10)19-13-4-3-7-18-15(13)20/h3-9H,1-2H3. The molecule has 3 aromatic rings. The molecule has 0 atom stereocenters. The third kappa shape index (κ3) is 1.95. The Morgan fingerprint density at radius 1 is 1.10 bits per heavy atom. The summed E-state index contributed by atoms with van der Waals surface area (Å²) in [6, 6.07) is 7.56. The monoisotopic (exact) mass is 273 g/mol. The van der Waals surface area contributed by atoms with E-state index < -0.39 is 11.6 Å². The van der Waals surface area contributed by atoms with Crippen molar-refractivity contribution < 1.29 is 8.78 Å². The lowest BCUT2D eigenvalue weighted by atomic mass is 10.2. The van der Waals surface area contributed by atoms with Crippen molar-refractivity contribution >= 4 is 11.2 Å². The Hall–Kier alpha value is -2.30.